The van der Waals surface area contributed by atoms with Crippen LogP contribution in [0.2, 0.25) is 0 Å². The maximum atomic E-state index is 11.9. The third kappa shape index (κ3) is 35.7. The average molecular weight is 621 g/mol. The van der Waals surface area contributed by atoms with Crippen LogP contribution in [0.4, 0.5) is 4.79 Å². The number of carbonyl (C=O) groups excluding carboxylic acids is 1. The quantitative estimate of drug-likeness (QED) is 0.0686. The Balaban J connectivity index is 3.35. The van der Waals surface area contributed by atoms with Crippen LogP contribution in [0.5, 0.6) is 0 Å². The summed E-state index contributed by atoms with van der Waals surface area (Å²) in [5.41, 5.74) is 5.68. The molecule has 0 fully saturated rings. The SMILES string of the molecule is CCCCCCCCCCCCCCCCCCCCCCN(CCCCCCCCCCCCCCCCCC)C(N)=O. The molecule has 0 saturated heterocycles. The predicted octanol–water partition coefficient (Wildman–Crippen LogP) is 14.5. The largest absolute Gasteiger partial charge is 0.351 e. The van der Waals surface area contributed by atoms with E-state index in [4.69, 9.17) is 5.73 Å². The minimum absolute atomic E-state index is 0.219. The van der Waals surface area contributed by atoms with E-state index >= 15 is 0 Å². The van der Waals surface area contributed by atoms with Gasteiger partial charge in [0.15, 0.2) is 0 Å². The number of hydrogen-bond acceptors (Lipinski definition) is 1. The number of primary amides is 1. The molecule has 3 nitrogen and oxygen atoms in total. The van der Waals surface area contributed by atoms with Crippen LogP contribution in [0.25, 0.3) is 0 Å². The molecule has 0 unspecified atom stereocenters. The lowest BCUT2D eigenvalue weighted by Gasteiger charge is -2.20. The fourth-order valence-corrected chi connectivity index (χ4v) is 6.74. The first-order valence-corrected chi connectivity index (χ1v) is 20.8. The zero-order chi connectivity index (χ0) is 32.0. The Labute approximate surface area is 279 Å². The minimum atomic E-state index is -0.219. The van der Waals surface area contributed by atoms with E-state index in [-0.39, 0.29) is 6.03 Å². The van der Waals surface area contributed by atoms with E-state index in [2.05, 4.69) is 13.8 Å². The molecule has 0 spiro atoms. The summed E-state index contributed by atoms with van der Waals surface area (Å²) >= 11 is 0. The Morgan fingerprint density at radius 2 is 0.477 bits per heavy atom. The van der Waals surface area contributed by atoms with Crippen LogP contribution < -0.4 is 5.73 Å². The first kappa shape index (κ1) is 43.3. The lowest BCUT2D eigenvalue weighted by molar-refractivity contribution is 0.204. The van der Waals surface area contributed by atoms with Gasteiger partial charge in [-0.15, -0.1) is 0 Å². The van der Waals surface area contributed by atoms with E-state index in [0.29, 0.717) is 0 Å². The van der Waals surface area contributed by atoms with Gasteiger partial charge in [-0.3, -0.25) is 0 Å². The van der Waals surface area contributed by atoms with Gasteiger partial charge in [-0.2, -0.15) is 0 Å². The molecular weight excluding hydrogens is 536 g/mol. The normalized spacial score (nSPS) is 11.4. The summed E-state index contributed by atoms with van der Waals surface area (Å²) in [6, 6.07) is -0.219. The molecule has 264 valence electrons. The Bertz CT molecular complexity index is 537. The van der Waals surface area contributed by atoms with Crippen molar-refractivity contribution < 1.29 is 4.79 Å². The Morgan fingerprint density at radius 1 is 0.318 bits per heavy atom. The highest BCUT2D eigenvalue weighted by Gasteiger charge is 2.08. The molecule has 0 aromatic carbocycles. The standard InChI is InChI=1S/C41H84N2O/c1-3-5-7-9-11-13-15-17-19-21-22-23-24-26-28-30-32-34-36-38-40-43(41(42)44)39-37-35-33-31-29-27-25-20-18-16-14-12-10-8-6-4-2/h3-40H2,1-2H3,(H2,42,44). The van der Waals surface area contributed by atoms with Crippen molar-refractivity contribution in [3.8, 4) is 0 Å². The molecule has 0 rings (SSSR count). The fraction of sp³-hybridized carbons (Fsp3) is 0.976. The van der Waals surface area contributed by atoms with Crippen molar-refractivity contribution in [1.82, 2.24) is 4.90 Å². The summed E-state index contributed by atoms with van der Waals surface area (Å²) in [4.78, 5) is 13.8. The first-order chi connectivity index (χ1) is 21.7. The molecule has 0 saturated carbocycles. The first-order valence-electron chi connectivity index (χ1n) is 20.8. The summed E-state index contributed by atoms with van der Waals surface area (Å²) in [6.07, 6.45) is 50.1. The molecule has 0 aliphatic heterocycles. The third-order valence-electron chi connectivity index (χ3n) is 9.87. The van der Waals surface area contributed by atoms with E-state index in [0.717, 1.165) is 25.9 Å². The summed E-state index contributed by atoms with van der Waals surface area (Å²) in [7, 11) is 0. The van der Waals surface area contributed by atoms with Crippen LogP contribution >= 0.6 is 0 Å². The summed E-state index contributed by atoms with van der Waals surface area (Å²) in [6.45, 7) is 6.30. The van der Waals surface area contributed by atoms with E-state index in [1.165, 1.54) is 218 Å². The zero-order valence-electron chi connectivity index (χ0n) is 30.8. The maximum Gasteiger partial charge on any atom is 0.314 e. The van der Waals surface area contributed by atoms with E-state index in [1.807, 2.05) is 4.90 Å². The van der Waals surface area contributed by atoms with E-state index in [1.54, 1.807) is 0 Å². The predicted molar refractivity (Wildman–Crippen MR) is 199 cm³/mol. The van der Waals surface area contributed by atoms with Gasteiger partial charge in [-0.05, 0) is 12.8 Å². The molecule has 0 atom stereocenters. The number of amides is 2. The van der Waals surface area contributed by atoms with E-state index in [9.17, 15) is 4.79 Å². The van der Waals surface area contributed by atoms with Crippen LogP contribution in [0, 0.1) is 0 Å². The maximum absolute atomic E-state index is 11.9. The van der Waals surface area contributed by atoms with Crippen LogP contribution in [-0.2, 0) is 0 Å². The molecule has 3 heteroatoms. The van der Waals surface area contributed by atoms with Crippen molar-refractivity contribution in [2.75, 3.05) is 13.1 Å². The zero-order valence-corrected chi connectivity index (χ0v) is 30.8. The second kappa shape index (κ2) is 38.5. The van der Waals surface area contributed by atoms with Crippen LogP contribution in [0.15, 0.2) is 0 Å². The summed E-state index contributed by atoms with van der Waals surface area (Å²) < 4.78 is 0. The van der Waals surface area contributed by atoms with Crippen molar-refractivity contribution in [1.29, 1.82) is 0 Å². The molecule has 0 aromatic rings. The average Bonchev–Trinajstić information content (AvgIpc) is 3.02. The molecule has 0 aliphatic carbocycles. The van der Waals surface area contributed by atoms with Crippen molar-refractivity contribution in [3.05, 3.63) is 0 Å². The molecule has 0 heterocycles. The van der Waals surface area contributed by atoms with Gasteiger partial charge < -0.3 is 10.6 Å². The van der Waals surface area contributed by atoms with Gasteiger partial charge in [0.05, 0.1) is 0 Å². The van der Waals surface area contributed by atoms with Gasteiger partial charge in [0.2, 0.25) is 0 Å². The molecular formula is C41H84N2O. The highest BCUT2D eigenvalue weighted by molar-refractivity contribution is 5.71. The number of nitrogens with zero attached hydrogens (tertiary/aromatic N) is 1. The van der Waals surface area contributed by atoms with Gasteiger partial charge in [0.25, 0.3) is 0 Å². The number of rotatable bonds is 38. The molecule has 0 bridgehead atoms. The minimum Gasteiger partial charge on any atom is -0.351 e. The van der Waals surface area contributed by atoms with Gasteiger partial charge in [-0.1, -0.05) is 232 Å². The highest BCUT2D eigenvalue weighted by Crippen LogP contribution is 2.16. The van der Waals surface area contributed by atoms with E-state index < -0.39 is 0 Å². The van der Waals surface area contributed by atoms with Crippen molar-refractivity contribution in [2.24, 2.45) is 5.73 Å². The molecule has 0 radical (unpaired) electrons. The number of unbranched alkanes of at least 4 members (excludes halogenated alkanes) is 34. The lowest BCUT2D eigenvalue weighted by Crippen LogP contribution is -2.37. The second-order valence-corrected chi connectivity index (χ2v) is 14.3. The molecule has 44 heavy (non-hydrogen) atoms. The smallest absolute Gasteiger partial charge is 0.314 e. The lowest BCUT2D eigenvalue weighted by atomic mass is 10.0. The summed E-state index contributed by atoms with van der Waals surface area (Å²) in [5.74, 6) is 0. The number of urea groups is 1. The summed E-state index contributed by atoms with van der Waals surface area (Å²) in [5, 5.41) is 0. The van der Waals surface area contributed by atoms with Crippen LogP contribution in [0.1, 0.15) is 245 Å². The second-order valence-electron chi connectivity index (χ2n) is 14.3. The Kier molecular flexibility index (Phi) is 37.8. The van der Waals surface area contributed by atoms with Crippen LogP contribution in [0.3, 0.4) is 0 Å². The molecule has 2 N–H and O–H groups in total. The van der Waals surface area contributed by atoms with Crippen molar-refractivity contribution in [2.45, 2.75) is 245 Å². The fourth-order valence-electron chi connectivity index (χ4n) is 6.74. The number of hydrogen-bond donors (Lipinski definition) is 1. The Morgan fingerprint density at radius 3 is 0.636 bits per heavy atom. The van der Waals surface area contributed by atoms with Crippen molar-refractivity contribution in [3.63, 3.8) is 0 Å². The van der Waals surface area contributed by atoms with Gasteiger partial charge in [-0.25, -0.2) is 4.79 Å². The van der Waals surface area contributed by atoms with Gasteiger partial charge in [0.1, 0.15) is 0 Å². The third-order valence-corrected chi connectivity index (χ3v) is 9.87. The Hall–Kier alpha value is -0.730. The molecule has 0 aromatic heterocycles. The number of nitrogens with two attached hydrogens (primary N) is 1. The molecule has 2 amide bonds. The van der Waals surface area contributed by atoms with Crippen LogP contribution in [-0.4, -0.2) is 24.0 Å². The van der Waals surface area contributed by atoms with Crippen molar-refractivity contribution >= 4 is 6.03 Å². The molecule has 0 aliphatic rings. The van der Waals surface area contributed by atoms with Gasteiger partial charge in [0, 0.05) is 13.1 Å². The number of carbonyl (C=O) groups is 1. The highest BCUT2D eigenvalue weighted by atomic mass is 16.2. The topological polar surface area (TPSA) is 46.3 Å². The van der Waals surface area contributed by atoms with Gasteiger partial charge >= 0.3 is 6.03 Å². The monoisotopic (exact) mass is 621 g/mol.